The number of hydrogen-bond donors (Lipinski definition) is 3. The van der Waals surface area contributed by atoms with Crippen LogP contribution in [-0.4, -0.2) is 64.5 Å². The Labute approximate surface area is 164 Å². The minimum Gasteiger partial charge on any atom is -0.495 e. The highest BCUT2D eigenvalue weighted by Gasteiger charge is 2.39. The first-order chi connectivity index (χ1) is 12.5. The number of hydrogen-bond acceptors (Lipinski definition) is 5. The molecule has 150 valence electrons. The van der Waals surface area contributed by atoms with E-state index in [4.69, 9.17) is 16.3 Å². The fourth-order valence-corrected chi connectivity index (χ4v) is 5.34. The number of sulfone groups is 1. The van der Waals surface area contributed by atoms with Crippen molar-refractivity contribution in [3.8, 4) is 5.75 Å². The SMILES string of the molecule is COc1ccc(Cl)cc1NC(=O)C[NH+](C)CC(=O)N[C@@]1(C)CCS(=O)(=O)C1. The molecule has 0 spiro atoms. The van der Waals surface area contributed by atoms with Gasteiger partial charge < -0.3 is 20.3 Å². The van der Waals surface area contributed by atoms with Gasteiger partial charge in [0.15, 0.2) is 22.9 Å². The summed E-state index contributed by atoms with van der Waals surface area (Å²) in [4.78, 5) is 25.1. The molecule has 1 saturated heterocycles. The van der Waals surface area contributed by atoms with Crippen LogP contribution in [0, 0.1) is 0 Å². The summed E-state index contributed by atoms with van der Waals surface area (Å²) in [7, 11) is 0.101. The Bertz CT molecular complexity index is 830. The van der Waals surface area contributed by atoms with Gasteiger partial charge in [-0.15, -0.1) is 0 Å². The quantitative estimate of drug-likeness (QED) is 0.553. The molecule has 1 aliphatic rings. The Balaban J connectivity index is 1.86. The molecule has 1 unspecified atom stereocenters. The molecule has 27 heavy (non-hydrogen) atoms. The van der Waals surface area contributed by atoms with Gasteiger partial charge in [-0.1, -0.05) is 11.6 Å². The minimum absolute atomic E-state index is 0.0513. The lowest BCUT2D eigenvalue weighted by Gasteiger charge is -2.24. The van der Waals surface area contributed by atoms with E-state index in [0.29, 0.717) is 27.8 Å². The zero-order valence-corrected chi connectivity index (χ0v) is 17.2. The van der Waals surface area contributed by atoms with Crippen molar-refractivity contribution in [1.29, 1.82) is 0 Å². The van der Waals surface area contributed by atoms with Crippen LogP contribution < -0.4 is 20.3 Å². The first kappa shape index (κ1) is 21.5. The second-order valence-corrected chi connectivity index (χ2v) is 9.77. The molecule has 1 aliphatic heterocycles. The highest BCUT2D eigenvalue weighted by molar-refractivity contribution is 7.91. The highest BCUT2D eigenvalue weighted by Crippen LogP contribution is 2.27. The second kappa shape index (κ2) is 8.45. The van der Waals surface area contributed by atoms with Gasteiger partial charge in [0.2, 0.25) is 0 Å². The van der Waals surface area contributed by atoms with Crippen molar-refractivity contribution in [2.75, 3.05) is 44.1 Å². The maximum absolute atomic E-state index is 12.2. The summed E-state index contributed by atoms with van der Waals surface area (Å²) in [6, 6.07) is 4.89. The van der Waals surface area contributed by atoms with Crippen LogP contribution in [-0.2, 0) is 19.4 Å². The van der Waals surface area contributed by atoms with Crippen molar-refractivity contribution < 1.29 is 27.6 Å². The molecule has 0 saturated carbocycles. The monoisotopic (exact) mass is 418 g/mol. The lowest BCUT2D eigenvalue weighted by molar-refractivity contribution is -0.862. The Morgan fingerprint density at radius 3 is 2.56 bits per heavy atom. The number of nitrogens with one attached hydrogen (secondary N) is 3. The molecule has 0 radical (unpaired) electrons. The summed E-state index contributed by atoms with van der Waals surface area (Å²) < 4.78 is 28.4. The van der Waals surface area contributed by atoms with Crippen LogP contribution in [0.25, 0.3) is 0 Å². The number of halogens is 1. The van der Waals surface area contributed by atoms with E-state index in [0.717, 1.165) is 0 Å². The van der Waals surface area contributed by atoms with Crippen LogP contribution in [0.2, 0.25) is 5.02 Å². The number of ether oxygens (including phenoxy) is 1. The molecule has 1 aromatic rings. The van der Waals surface area contributed by atoms with Crippen LogP contribution in [0.15, 0.2) is 18.2 Å². The maximum Gasteiger partial charge on any atom is 0.279 e. The Hall–Kier alpha value is -1.84. The number of benzene rings is 1. The van der Waals surface area contributed by atoms with Gasteiger partial charge in [0.05, 0.1) is 36.9 Å². The zero-order valence-electron chi connectivity index (χ0n) is 15.6. The molecule has 2 rings (SSSR count). The van der Waals surface area contributed by atoms with Crippen molar-refractivity contribution in [1.82, 2.24) is 5.32 Å². The summed E-state index contributed by atoms with van der Waals surface area (Å²) in [5.74, 6) is -0.0785. The molecule has 8 nitrogen and oxygen atoms in total. The van der Waals surface area contributed by atoms with E-state index in [-0.39, 0.29) is 36.4 Å². The van der Waals surface area contributed by atoms with E-state index in [2.05, 4.69) is 10.6 Å². The molecule has 0 bridgehead atoms. The van der Waals surface area contributed by atoms with E-state index in [1.165, 1.54) is 7.11 Å². The van der Waals surface area contributed by atoms with Gasteiger partial charge in [0, 0.05) is 5.02 Å². The van der Waals surface area contributed by atoms with E-state index in [1.807, 2.05) is 0 Å². The highest BCUT2D eigenvalue weighted by atomic mass is 35.5. The Kier molecular flexibility index (Phi) is 6.72. The van der Waals surface area contributed by atoms with E-state index < -0.39 is 15.4 Å². The molecule has 1 aromatic carbocycles. The molecule has 2 amide bonds. The van der Waals surface area contributed by atoms with E-state index in [9.17, 15) is 18.0 Å². The van der Waals surface area contributed by atoms with Gasteiger partial charge in [-0.3, -0.25) is 9.59 Å². The summed E-state index contributed by atoms with van der Waals surface area (Å²) in [5, 5.41) is 5.96. The number of anilines is 1. The van der Waals surface area contributed by atoms with Gasteiger partial charge >= 0.3 is 0 Å². The van der Waals surface area contributed by atoms with Crippen molar-refractivity contribution in [2.45, 2.75) is 18.9 Å². The van der Waals surface area contributed by atoms with Crippen molar-refractivity contribution in [3.63, 3.8) is 0 Å². The topological polar surface area (TPSA) is 106 Å². The number of rotatable bonds is 7. The summed E-state index contributed by atoms with van der Waals surface area (Å²) in [6.45, 7) is 1.83. The molecule has 0 aromatic heterocycles. The van der Waals surface area contributed by atoms with Crippen LogP contribution in [0.4, 0.5) is 5.69 Å². The fourth-order valence-electron chi connectivity index (χ4n) is 3.07. The predicted molar refractivity (Wildman–Crippen MR) is 103 cm³/mol. The number of carbonyl (C=O) groups excluding carboxylic acids is 2. The number of amides is 2. The first-order valence-corrected chi connectivity index (χ1v) is 10.7. The fraction of sp³-hybridized carbons (Fsp3) is 0.529. The minimum atomic E-state index is -3.10. The van der Waals surface area contributed by atoms with Crippen LogP contribution in [0.1, 0.15) is 13.3 Å². The van der Waals surface area contributed by atoms with E-state index >= 15 is 0 Å². The predicted octanol–water partition coefficient (Wildman–Crippen LogP) is -0.505. The standard InChI is InChI=1S/C17H24ClN3O5S/c1-17(6-7-27(24,25)11-17)20-16(23)10-21(2)9-15(22)19-13-8-12(18)4-5-14(13)26-3/h4-5,8H,6-7,9-11H2,1-3H3,(H,19,22)(H,20,23)/p+1/t17-/m0/s1. The molecule has 3 N–H and O–H groups in total. The maximum atomic E-state index is 12.2. The number of carbonyl (C=O) groups is 2. The van der Waals surface area contributed by atoms with Gasteiger partial charge in [-0.25, -0.2) is 8.42 Å². The third-order valence-corrected chi connectivity index (χ3v) is 6.44. The summed E-state index contributed by atoms with van der Waals surface area (Å²) in [6.07, 6.45) is 0.398. The van der Waals surface area contributed by atoms with Crippen LogP contribution in [0.3, 0.4) is 0 Å². The molecule has 10 heteroatoms. The smallest absolute Gasteiger partial charge is 0.279 e. The van der Waals surface area contributed by atoms with Crippen LogP contribution in [0.5, 0.6) is 5.75 Å². The van der Waals surface area contributed by atoms with Crippen molar-refractivity contribution in [2.24, 2.45) is 0 Å². The second-order valence-electron chi connectivity index (χ2n) is 7.15. The lowest BCUT2D eigenvalue weighted by Crippen LogP contribution is -3.11. The number of quaternary nitrogens is 1. The molecule has 0 aliphatic carbocycles. The lowest BCUT2D eigenvalue weighted by atomic mass is 10.0. The molecule has 1 heterocycles. The van der Waals surface area contributed by atoms with Gasteiger partial charge in [0.1, 0.15) is 5.75 Å². The van der Waals surface area contributed by atoms with Gasteiger partial charge in [0.25, 0.3) is 11.8 Å². The average molecular weight is 419 g/mol. The van der Waals surface area contributed by atoms with E-state index in [1.54, 1.807) is 32.2 Å². The summed E-state index contributed by atoms with van der Waals surface area (Å²) >= 11 is 5.94. The average Bonchev–Trinajstić information content (AvgIpc) is 2.79. The van der Waals surface area contributed by atoms with Crippen LogP contribution >= 0.6 is 11.6 Å². The van der Waals surface area contributed by atoms with Gasteiger partial charge in [-0.2, -0.15) is 0 Å². The third kappa shape index (κ3) is 6.37. The van der Waals surface area contributed by atoms with Crippen molar-refractivity contribution in [3.05, 3.63) is 23.2 Å². The Morgan fingerprint density at radius 1 is 1.30 bits per heavy atom. The summed E-state index contributed by atoms with van der Waals surface area (Å²) in [5.41, 5.74) is -0.289. The Morgan fingerprint density at radius 2 is 1.96 bits per heavy atom. The van der Waals surface area contributed by atoms with Gasteiger partial charge in [-0.05, 0) is 31.5 Å². The molecular formula is C17H25ClN3O5S+. The number of likely N-dealkylation sites (N-methyl/N-ethyl adjacent to an activating group) is 1. The normalized spacial score (nSPS) is 22.1. The largest absolute Gasteiger partial charge is 0.495 e. The first-order valence-electron chi connectivity index (χ1n) is 8.48. The number of methoxy groups -OCH3 is 1. The molecular weight excluding hydrogens is 394 g/mol. The van der Waals surface area contributed by atoms with Crippen molar-refractivity contribution >= 4 is 38.9 Å². The molecule has 1 fully saturated rings. The zero-order chi connectivity index (χ0) is 20.2. The molecule has 2 atom stereocenters. The third-order valence-electron chi connectivity index (χ3n) is 4.30.